The molecule has 0 aromatic heterocycles. The number of aliphatic imine (C=N–C) groups is 1. The van der Waals surface area contributed by atoms with Crippen LogP contribution in [0.4, 0.5) is 0 Å². The quantitative estimate of drug-likeness (QED) is 0.546. The third-order valence-corrected chi connectivity index (χ3v) is 5.52. The van der Waals surface area contributed by atoms with Crippen molar-refractivity contribution in [2.24, 2.45) is 4.99 Å². The van der Waals surface area contributed by atoms with Gasteiger partial charge >= 0.3 is 0 Å². The van der Waals surface area contributed by atoms with Gasteiger partial charge in [0.25, 0.3) is 0 Å². The second-order valence-electron chi connectivity index (χ2n) is 7.07. The Labute approximate surface area is 175 Å². The molecule has 0 spiro atoms. The Balaban J connectivity index is 1.61. The predicted molar refractivity (Wildman–Crippen MR) is 117 cm³/mol. The average Bonchev–Trinajstić information content (AvgIpc) is 3.10. The van der Waals surface area contributed by atoms with Crippen molar-refractivity contribution < 1.29 is 4.79 Å². The van der Waals surface area contributed by atoms with Crippen molar-refractivity contribution in [3.8, 4) is 0 Å². The molecule has 1 N–H and O–H groups in total. The van der Waals surface area contributed by atoms with Crippen LogP contribution in [0.3, 0.4) is 0 Å². The molecule has 148 valence electrons. The molecular weight excluding hydrogens is 416 g/mol. The Bertz CT molecular complexity index is 835. The summed E-state index contributed by atoms with van der Waals surface area (Å²) in [5.41, 5.74) is 3.61. The summed E-state index contributed by atoms with van der Waals surface area (Å²) in [6.45, 7) is 2.99. The maximum atomic E-state index is 12.0. The molecule has 2 aromatic carbocycles. The van der Waals surface area contributed by atoms with E-state index in [0.29, 0.717) is 19.5 Å². The van der Waals surface area contributed by atoms with Gasteiger partial charge in [0.1, 0.15) is 0 Å². The van der Waals surface area contributed by atoms with E-state index in [1.807, 2.05) is 24.1 Å². The van der Waals surface area contributed by atoms with E-state index in [1.54, 1.807) is 7.05 Å². The molecule has 1 amide bonds. The average molecular weight is 443 g/mol. The molecule has 1 fully saturated rings. The van der Waals surface area contributed by atoms with Crippen LogP contribution in [0.15, 0.2) is 58.0 Å². The Morgan fingerprint density at radius 3 is 2.54 bits per heavy atom. The molecule has 0 saturated carbocycles. The summed E-state index contributed by atoms with van der Waals surface area (Å²) < 4.78 is 1.08. The van der Waals surface area contributed by atoms with E-state index in [-0.39, 0.29) is 5.91 Å². The summed E-state index contributed by atoms with van der Waals surface area (Å²) in [4.78, 5) is 20.4. The van der Waals surface area contributed by atoms with Gasteiger partial charge in [0.2, 0.25) is 5.91 Å². The van der Waals surface area contributed by atoms with E-state index in [1.165, 1.54) is 16.7 Å². The van der Waals surface area contributed by atoms with Gasteiger partial charge < -0.3 is 15.1 Å². The van der Waals surface area contributed by atoms with Gasteiger partial charge in [0, 0.05) is 51.2 Å². The molecule has 1 aliphatic heterocycles. The molecule has 28 heavy (non-hydrogen) atoms. The molecule has 0 aliphatic carbocycles. The minimum atomic E-state index is 0.257. The zero-order chi connectivity index (χ0) is 19.9. The first kappa shape index (κ1) is 20.4. The van der Waals surface area contributed by atoms with Crippen LogP contribution in [0, 0.1) is 0 Å². The zero-order valence-corrected chi connectivity index (χ0v) is 18.1. The van der Waals surface area contributed by atoms with Gasteiger partial charge in [0.05, 0.1) is 0 Å². The molecule has 1 aliphatic rings. The monoisotopic (exact) mass is 442 g/mol. The molecule has 5 nitrogen and oxygen atoms in total. The Morgan fingerprint density at radius 2 is 1.89 bits per heavy atom. The lowest BCUT2D eigenvalue weighted by Crippen LogP contribution is -2.38. The second kappa shape index (κ2) is 9.73. The molecule has 1 saturated heterocycles. The highest BCUT2D eigenvalue weighted by atomic mass is 79.9. The van der Waals surface area contributed by atoms with Crippen molar-refractivity contribution in [2.45, 2.75) is 32.5 Å². The van der Waals surface area contributed by atoms with Crippen LogP contribution in [-0.2, 0) is 24.4 Å². The lowest BCUT2D eigenvalue weighted by molar-refractivity contribution is -0.128. The number of nitrogens with zero attached hydrogens (tertiary/aromatic N) is 3. The fraction of sp³-hybridized carbons (Fsp3) is 0.364. The van der Waals surface area contributed by atoms with Crippen LogP contribution in [0.5, 0.6) is 0 Å². The highest BCUT2D eigenvalue weighted by Gasteiger charge is 2.21. The van der Waals surface area contributed by atoms with E-state index in [9.17, 15) is 4.79 Å². The number of rotatable bonds is 6. The van der Waals surface area contributed by atoms with Crippen molar-refractivity contribution in [3.05, 3.63) is 69.7 Å². The van der Waals surface area contributed by atoms with E-state index in [4.69, 9.17) is 0 Å². The summed E-state index contributed by atoms with van der Waals surface area (Å²) in [6.07, 6.45) is 1.64. The number of hydrogen-bond acceptors (Lipinski definition) is 2. The molecule has 0 unspecified atom stereocenters. The molecule has 0 radical (unpaired) electrons. The van der Waals surface area contributed by atoms with Crippen LogP contribution in [0.1, 0.15) is 29.5 Å². The number of carbonyl (C=O) groups is 1. The van der Waals surface area contributed by atoms with Gasteiger partial charge in [-0.1, -0.05) is 52.3 Å². The molecule has 2 aromatic rings. The maximum Gasteiger partial charge on any atom is 0.222 e. The number of amides is 1. The second-order valence-corrected chi connectivity index (χ2v) is 7.99. The molecule has 0 atom stereocenters. The number of hydrogen-bond donors (Lipinski definition) is 1. The number of guanidine groups is 1. The third-order valence-electron chi connectivity index (χ3n) is 4.99. The summed E-state index contributed by atoms with van der Waals surface area (Å²) in [5.74, 6) is 1.10. The number of likely N-dealkylation sites (tertiary alicyclic amines) is 1. The summed E-state index contributed by atoms with van der Waals surface area (Å²) >= 11 is 3.47. The van der Waals surface area contributed by atoms with E-state index in [2.05, 4.69) is 67.5 Å². The van der Waals surface area contributed by atoms with Crippen LogP contribution in [0.2, 0.25) is 0 Å². The summed E-state index contributed by atoms with van der Waals surface area (Å²) in [6, 6.07) is 16.6. The van der Waals surface area contributed by atoms with Crippen molar-refractivity contribution in [1.82, 2.24) is 15.1 Å². The Hall–Kier alpha value is -2.34. The number of carbonyl (C=O) groups excluding carboxylic acids is 1. The van der Waals surface area contributed by atoms with Crippen LogP contribution in [-0.4, -0.2) is 42.3 Å². The number of halogens is 1. The van der Waals surface area contributed by atoms with Crippen molar-refractivity contribution in [1.29, 1.82) is 0 Å². The Kier molecular flexibility index (Phi) is 7.09. The van der Waals surface area contributed by atoms with Crippen LogP contribution in [0.25, 0.3) is 0 Å². The standard InChI is InChI=1S/C22H27BrN4O/c1-24-22(26(2)15-17-9-11-20(23)12-10-17)25-14-18-6-3-4-7-19(18)16-27-13-5-8-21(27)28/h3-4,6-7,9-12H,5,8,13-16H2,1-2H3,(H,24,25). The first-order valence-corrected chi connectivity index (χ1v) is 10.4. The lowest BCUT2D eigenvalue weighted by atomic mass is 10.1. The topological polar surface area (TPSA) is 47.9 Å². The van der Waals surface area contributed by atoms with Gasteiger partial charge in [-0.05, 0) is 35.2 Å². The molecule has 0 bridgehead atoms. The van der Waals surface area contributed by atoms with Gasteiger partial charge in [-0.25, -0.2) is 0 Å². The minimum Gasteiger partial charge on any atom is -0.352 e. The van der Waals surface area contributed by atoms with Crippen molar-refractivity contribution in [2.75, 3.05) is 20.6 Å². The van der Waals surface area contributed by atoms with Crippen molar-refractivity contribution in [3.63, 3.8) is 0 Å². The molecule has 1 heterocycles. The molecule has 3 rings (SSSR count). The number of benzene rings is 2. The van der Waals surface area contributed by atoms with E-state index >= 15 is 0 Å². The minimum absolute atomic E-state index is 0.257. The van der Waals surface area contributed by atoms with Crippen LogP contribution < -0.4 is 5.32 Å². The van der Waals surface area contributed by atoms with E-state index in [0.717, 1.165) is 29.9 Å². The number of nitrogens with one attached hydrogen (secondary N) is 1. The summed E-state index contributed by atoms with van der Waals surface area (Å²) in [7, 11) is 3.83. The van der Waals surface area contributed by atoms with Gasteiger partial charge in [-0.15, -0.1) is 0 Å². The first-order chi connectivity index (χ1) is 13.6. The fourth-order valence-electron chi connectivity index (χ4n) is 3.46. The first-order valence-electron chi connectivity index (χ1n) is 9.57. The lowest BCUT2D eigenvalue weighted by Gasteiger charge is -2.23. The fourth-order valence-corrected chi connectivity index (χ4v) is 3.72. The zero-order valence-electron chi connectivity index (χ0n) is 16.5. The SMILES string of the molecule is CN=C(NCc1ccccc1CN1CCCC1=O)N(C)Cc1ccc(Br)cc1. The van der Waals surface area contributed by atoms with Crippen molar-refractivity contribution >= 4 is 27.8 Å². The highest BCUT2D eigenvalue weighted by molar-refractivity contribution is 9.10. The third kappa shape index (κ3) is 5.35. The Morgan fingerprint density at radius 1 is 1.18 bits per heavy atom. The molecular formula is C22H27BrN4O. The predicted octanol–water partition coefficient (Wildman–Crippen LogP) is 3.78. The van der Waals surface area contributed by atoms with Gasteiger partial charge in [-0.2, -0.15) is 0 Å². The van der Waals surface area contributed by atoms with E-state index < -0.39 is 0 Å². The van der Waals surface area contributed by atoms with Crippen LogP contribution >= 0.6 is 15.9 Å². The normalized spacial score (nSPS) is 14.5. The molecule has 6 heteroatoms. The maximum absolute atomic E-state index is 12.0. The smallest absolute Gasteiger partial charge is 0.222 e. The van der Waals surface area contributed by atoms with Gasteiger partial charge in [0.15, 0.2) is 5.96 Å². The summed E-state index contributed by atoms with van der Waals surface area (Å²) in [5, 5.41) is 3.46. The largest absolute Gasteiger partial charge is 0.352 e. The highest BCUT2D eigenvalue weighted by Crippen LogP contribution is 2.17. The van der Waals surface area contributed by atoms with Gasteiger partial charge in [-0.3, -0.25) is 9.79 Å².